The minimum absolute atomic E-state index is 0.329. The highest BCUT2D eigenvalue weighted by Crippen LogP contribution is 2.45. The molecule has 7 nitrogen and oxygen atoms in total. The summed E-state index contributed by atoms with van der Waals surface area (Å²) in [4.78, 5) is 19.1. The van der Waals surface area contributed by atoms with Gasteiger partial charge in [-0.05, 0) is 68.5 Å². The van der Waals surface area contributed by atoms with Gasteiger partial charge < -0.3 is 20.1 Å². The van der Waals surface area contributed by atoms with Crippen LogP contribution in [0.25, 0.3) is 0 Å². The van der Waals surface area contributed by atoms with Gasteiger partial charge in [0.05, 0.1) is 22.7 Å². The second-order valence-corrected chi connectivity index (χ2v) is 8.28. The van der Waals surface area contributed by atoms with E-state index in [0.717, 1.165) is 61.8 Å². The zero-order chi connectivity index (χ0) is 21.8. The highest BCUT2D eigenvalue weighted by molar-refractivity contribution is 5.84. The Balaban J connectivity index is 1.73. The molecule has 0 bridgehead atoms. The van der Waals surface area contributed by atoms with Gasteiger partial charge in [-0.1, -0.05) is 6.42 Å². The summed E-state index contributed by atoms with van der Waals surface area (Å²) in [6.45, 7) is 4.38. The van der Waals surface area contributed by atoms with E-state index < -0.39 is 11.4 Å². The van der Waals surface area contributed by atoms with Crippen LogP contribution in [0.5, 0.6) is 0 Å². The Morgan fingerprint density at radius 2 is 2.03 bits per heavy atom. The number of nitrogens with zero attached hydrogens (tertiary/aromatic N) is 3. The van der Waals surface area contributed by atoms with Gasteiger partial charge in [-0.25, -0.2) is 4.98 Å². The molecule has 1 aliphatic carbocycles. The van der Waals surface area contributed by atoms with E-state index in [1.165, 1.54) is 0 Å². The van der Waals surface area contributed by atoms with E-state index in [9.17, 15) is 9.90 Å². The third kappa shape index (κ3) is 4.08. The van der Waals surface area contributed by atoms with Crippen LogP contribution in [0.4, 0.5) is 17.2 Å². The van der Waals surface area contributed by atoms with Crippen molar-refractivity contribution in [3.05, 3.63) is 47.7 Å². The number of hydrogen-bond donors (Lipinski definition) is 2. The van der Waals surface area contributed by atoms with E-state index in [2.05, 4.69) is 23.2 Å². The lowest BCUT2D eigenvalue weighted by Gasteiger charge is -2.39. The molecular formula is C24H28N4O3. The molecule has 2 N–H and O–H groups in total. The molecule has 4 rings (SSSR count). The summed E-state index contributed by atoms with van der Waals surface area (Å²) in [5, 5.41) is 22.4. The average molecular weight is 421 g/mol. The molecule has 2 aliphatic rings. The van der Waals surface area contributed by atoms with Crippen molar-refractivity contribution in [1.29, 1.82) is 5.26 Å². The van der Waals surface area contributed by atoms with Gasteiger partial charge in [-0.2, -0.15) is 5.26 Å². The van der Waals surface area contributed by atoms with E-state index in [4.69, 9.17) is 15.0 Å². The van der Waals surface area contributed by atoms with Crippen LogP contribution in [-0.4, -0.2) is 41.9 Å². The van der Waals surface area contributed by atoms with Crippen molar-refractivity contribution < 1.29 is 14.6 Å². The van der Waals surface area contributed by atoms with Gasteiger partial charge in [0.2, 0.25) is 0 Å². The zero-order valence-corrected chi connectivity index (χ0v) is 17.8. The molecule has 162 valence electrons. The fraction of sp³-hybridized carbons (Fsp3) is 0.458. The van der Waals surface area contributed by atoms with Crippen LogP contribution in [0.15, 0.2) is 36.5 Å². The highest BCUT2D eigenvalue weighted by Gasteiger charge is 2.46. The smallest absolute Gasteiger partial charge is 0.314 e. The lowest BCUT2D eigenvalue weighted by Crippen LogP contribution is -2.43. The molecule has 2 heterocycles. The second kappa shape index (κ2) is 8.94. The largest absolute Gasteiger partial charge is 0.481 e. The first-order valence-electron chi connectivity index (χ1n) is 10.9. The van der Waals surface area contributed by atoms with E-state index in [1.807, 2.05) is 18.2 Å². The maximum absolute atomic E-state index is 12.1. The van der Waals surface area contributed by atoms with Gasteiger partial charge >= 0.3 is 5.97 Å². The minimum atomic E-state index is -0.845. The van der Waals surface area contributed by atoms with Crippen molar-refractivity contribution in [2.45, 2.75) is 50.5 Å². The number of nitrogens with one attached hydrogen (secondary N) is 1. The molecule has 1 aromatic carbocycles. The summed E-state index contributed by atoms with van der Waals surface area (Å²) >= 11 is 0. The average Bonchev–Trinajstić information content (AvgIpc) is 2.76. The SMILES string of the molecule is CCN(c1ncc(C2(C(=O)O)CCC2)cc1Nc1ccc(C#N)cc1)C1CCOCC1. The van der Waals surface area contributed by atoms with Crippen LogP contribution in [0.1, 0.15) is 50.2 Å². The van der Waals surface area contributed by atoms with Crippen LogP contribution in [0.3, 0.4) is 0 Å². The number of rotatable bonds is 7. The first-order valence-corrected chi connectivity index (χ1v) is 10.9. The minimum Gasteiger partial charge on any atom is -0.481 e. The van der Waals surface area contributed by atoms with Gasteiger partial charge in [-0.3, -0.25) is 4.79 Å². The number of pyridine rings is 1. The topological polar surface area (TPSA) is 98.5 Å². The third-order valence-corrected chi connectivity index (χ3v) is 6.57. The molecule has 2 aromatic rings. The van der Waals surface area contributed by atoms with Crippen molar-refractivity contribution >= 4 is 23.2 Å². The molecule has 7 heteroatoms. The molecule has 1 aliphatic heterocycles. The maximum Gasteiger partial charge on any atom is 0.314 e. The number of carbonyl (C=O) groups is 1. The zero-order valence-electron chi connectivity index (χ0n) is 17.8. The van der Waals surface area contributed by atoms with Crippen LogP contribution in [-0.2, 0) is 14.9 Å². The summed E-state index contributed by atoms with van der Waals surface area (Å²) in [6, 6.07) is 11.7. The Morgan fingerprint density at radius 1 is 1.32 bits per heavy atom. The number of nitriles is 1. The van der Waals surface area contributed by atoms with E-state index in [-0.39, 0.29) is 0 Å². The number of carboxylic acid groups (broad SMARTS) is 1. The Hall–Kier alpha value is -3.11. The van der Waals surface area contributed by atoms with Gasteiger partial charge in [0.15, 0.2) is 5.82 Å². The molecule has 0 amide bonds. The van der Waals surface area contributed by atoms with Crippen molar-refractivity contribution in [2.24, 2.45) is 0 Å². The van der Waals surface area contributed by atoms with Crippen molar-refractivity contribution in [1.82, 2.24) is 4.98 Å². The molecule has 1 saturated heterocycles. The summed E-state index contributed by atoms with van der Waals surface area (Å²) < 4.78 is 5.54. The molecule has 31 heavy (non-hydrogen) atoms. The van der Waals surface area contributed by atoms with Crippen molar-refractivity contribution in [3.63, 3.8) is 0 Å². The number of anilines is 3. The molecule has 0 spiro atoms. The first-order chi connectivity index (χ1) is 15.1. The van der Waals surface area contributed by atoms with Crippen LogP contribution >= 0.6 is 0 Å². The van der Waals surface area contributed by atoms with Gasteiger partial charge in [0, 0.05) is 37.7 Å². The van der Waals surface area contributed by atoms with Crippen LogP contribution < -0.4 is 10.2 Å². The molecular weight excluding hydrogens is 392 g/mol. The highest BCUT2D eigenvalue weighted by atomic mass is 16.5. The second-order valence-electron chi connectivity index (χ2n) is 8.28. The third-order valence-electron chi connectivity index (χ3n) is 6.57. The number of benzene rings is 1. The lowest BCUT2D eigenvalue weighted by molar-refractivity contribution is -0.147. The lowest BCUT2D eigenvalue weighted by atomic mass is 9.65. The standard InChI is InChI=1S/C24H28N4O3/c1-2-28(20-8-12-31-13-9-20)22-21(27-19-6-4-17(15-25)5-7-19)14-18(16-26-22)24(23(29)30)10-3-11-24/h4-7,14,16,20,27H,2-3,8-13H2,1H3,(H,29,30). The Labute approximate surface area is 182 Å². The van der Waals surface area contributed by atoms with Gasteiger partial charge in [-0.15, -0.1) is 0 Å². The molecule has 2 fully saturated rings. The summed E-state index contributed by atoms with van der Waals surface area (Å²) in [5.41, 5.74) is 2.12. The number of hydrogen-bond acceptors (Lipinski definition) is 6. The molecule has 0 unspecified atom stereocenters. The fourth-order valence-corrected chi connectivity index (χ4v) is 4.56. The Morgan fingerprint density at radius 3 is 2.58 bits per heavy atom. The number of carboxylic acids is 1. The van der Waals surface area contributed by atoms with E-state index in [1.54, 1.807) is 18.3 Å². The summed E-state index contributed by atoms with van der Waals surface area (Å²) in [6.07, 6.45) is 5.80. The summed E-state index contributed by atoms with van der Waals surface area (Å²) in [7, 11) is 0. The monoisotopic (exact) mass is 420 g/mol. The number of aromatic nitrogens is 1. The number of ether oxygens (including phenoxy) is 1. The first kappa shape index (κ1) is 21.1. The molecule has 1 aromatic heterocycles. The van der Waals surface area contributed by atoms with E-state index >= 15 is 0 Å². The van der Waals surface area contributed by atoms with Crippen LogP contribution in [0.2, 0.25) is 0 Å². The van der Waals surface area contributed by atoms with E-state index in [0.29, 0.717) is 24.4 Å². The summed E-state index contributed by atoms with van der Waals surface area (Å²) in [5.74, 6) is 0.0387. The molecule has 0 atom stereocenters. The van der Waals surface area contributed by atoms with Crippen molar-refractivity contribution in [3.8, 4) is 6.07 Å². The maximum atomic E-state index is 12.1. The predicted octanol–water partition coefficient (Wildman–Crippen LogP) is 4.21. The Kier molecular flexibility index (Phi) is 6.10. The quantitative estimate of drug-likeness (QED) is 0.692. The van der Waals surface area contributed by atoms with Crippen molar-refractivity contribution in [2.75, 3.05) is 30.0 Å². The van der Waals surface area contributed by atoms with Gasteiger partial charge in [0.1, 0.15) is 0 Å². The fourth-order valence-electron chi connectivity index (χ4n) is 4.56. The van der Waals surface area contributed by atoms with Crippen LogP contribution in [0, 0.1) is 11.3 Å². The predicted molar refractivity (Wildman–Crippen MR) is 119 cm³/mol. The molecule has 0 radical (unpaired) electrons. The van der Waals surface area contributed by atoms with Gasteiger partial charge in [0.25, 0.3) is 0 Å². The molecule has 1 saturated carbocycles. The number of aliphatic carboxylic acids is 1. The Bertz CT molecular complexity index is 973. The normalized spacial score (nSPS) is 17.9.